The minimum Gasteiger partial charge on any atom is -0.302 e. The molecule has 13 heavy (non-hydrogen) atoms. The molecule has 1 aliphatic carbocycles. The van der Waals surface area contributed by atoms with E-state index in [9.17, 15) is 0 Å². The molecule has 1 rings (SSSR count). The van der Waals surface area contributed by atoms with Crippen LogP contribution in [0, 0.1) is 17.2 Å². The van der Waals surface area contributed by atoms with Crippen LogP contribution in [-0.4, -0.2) is 19.1 Å². The van der Waals surface area contributed by atoms with E-state index in [-0.39, 0.29) is 6.04 Å². The highest BCUT2D eigenvalue weighted by atomic mass is 15.1. The first-order chi connectivity index (χ1) is 6.38. The molecule has 0 spiro atoms. The summed E-state index contributed by atoms with van der Waals surface area (Å²) in [7, 11) is 0. The van der Waals surface area contributed by atoms with Gasteiger partial charge in [0.1, 0.15) is 0 Å². The third-order valence-corrected chi connectivity index (χ3v) is 2.09. The molecule has 0 aromatic heterocycles. The summed E-state index contributed by atoms with van der Waals surface area (Å²) < 4.78 is 0. The van der Waals surface area contributed by atoms with E-state index in [1.54, 1.807) is 0 Å². The van der Waals surface area contributed by atoms with Crippen LogP contribution in [0.1, 0.15) is 19.3 Å². The Bertz CT molecular complexity index is 233. The van der Waals surface area contributed by atoms with Gasteiger partial charge in [-0.15, -0.1) is 0 Å². The van der Waals surface area contributed by atoms with Gasteiger partial charge in [-0.2, -0.15) is 5.26 Å². The lowest BCUT2D eigenvalue weighted by molar-refractivity contribution is 0.540. The first-order valence-corrected chi connectivity index (χ1v) is 4.52. The number of rotatable bonds is 6. The largest absolute Gasteiger partial charge is 0.302 e. The fourth-order valence-electron chi connectivity index (χ4n) is 1.20. The average molecular weight is 179 g/mol. The van der Waals surface area contributed by atoms with Crippen molar-refractivity contribution in [2.45, 2.75) is 25.3 Å². The molecule has 70 valence electrons. The van der Waals surface area contributed by atoms with Crippen LogP contribution in [0.25, 0.3) is 10.4 Å². The normalized spacial score (nSPS) is 17.2. The molecule has 1 fully saturated rings. The lowest BCUT2D eigenvalue weighted by Gasteiger charge is -2.08. The molecule has 0 bridgehead atoms. The monoisotopic (exact) mass is 179 g/mol. The number of hydrogen-bond donors (Lipinski definition) is 1. The van der Waals surface area contributed by atoms with E-state index < -0.39 is 0 Å². The minimum absolute atomic E-state index is 0.00562. The molecule has 0 radical (unpaired) electrons. The predicted octanol–water partition coefficient (Wildman–Crippen LogP) is 1.58. The molecule has 0 heterocycles. The van der Waals surface area contributed by atoms with Crippen LogP contribution in [0.15, 0.2) is 5.11 Å². The molecule has 5 nitrogen and oxygen atoms in total. The van der Waals surface area contributed by atoms with Crippen LogP contribution in [0.5, 0.6) is 0 Å². The van der Waals surface area contributed by atoms with Crippen molar-refractivity contribution in [2.24, 2.45) is 11.0 Å². The zero-order valence-corrected chi connectivity index (χ0v) is 7.48. The Hall–Kier alpha value is -1.24. The van der Waals surface area contributed by atoms with Crippen LogP contribution in [0.2, 0.25) is 0 Å². The number of nitrogens with zero attached hydrogens (tertiary/aromatic N) is 4. The van der Waals surface area contributed by atoms with Gasteiger partial charge in [0.15, 0.2) is 0 Å². The Kier molecular flexibility index (Phi) is 4.10. The average Bonchev–Trinajstić information content (AvgIpc) is 2.95. The van der Waals surface area contributed by atoms with Crippen molar-refractivity contribution in [3.63, 3.8) is 0 Å². The second kappa shape index (κ2) is 5.41. The summed E-state index contributed by atoms with van der Waals surface area (Å²) in [5, 5.41) is 15.3. The third-order valence-electron chi connectivity index (χ3n) is 2.09. The summed E-state index contributed by atoms with van der Waals surface area (Å²) in [4.78, 5) is 2.65. The van der Waals surface area contributed by atoms with E-state index in [0.717, 1.165) is 13.0 Å². The summed E-state index contributed by atoms with van der Waals surface area (Å²) in [5.74, 6) is 0.560. The maximum absolute atomic E-state index is 8.74. The van der Waals surface area contributed by atoms with Gasteiger partial charge in [0.2, 0.25) is 0 Å². The number of nitriles is 1. The van der Waals surface area contributed by atoms with Crippen LogP contribution in [-0.2, 0) is 0 Å². The van der Waals surface area contributed by atoms with Gasteiger partial charge in [-0.3, -0.25) is 0 Å². The van der Waals surface area contributed by atoms with E-state index in [1.165, 1.54) is 12.8 Å². The molecule has 1 aliphatic rings. The van der Waals surface area contributed by atoms with E-state index >= 15 is 0 Å². The van der Waals surface area contributed by atoms with Crippen molar-refractivity contribution in [2.75, 3.05) is 13.1 Å². The first-order valence-electron chi connectivity index (χ1n) is 4.52. The molecule has 5 heteroatoms. The Labute approximate surface area is 77.4 Å². The molecule has 0 amide bonds. The highest BCUT2D eigenvalue weighted by Crippen LogP contribution is 2.32. The fraction of sp³-hybridized carbons (Fsp3) is 0.875. The SMILES string of the molecule is N#CC(NCCCN=[N+]=[N-])C1CC1. The molecule has 1 N–H and O–H groups in total. The molecular formula is C8H13N5. The Balaban J connectivity index is 2.03. The first kappa shape index (κ1) is 9.85. The zero-order valence-electron chi connectivity index (χ0n) is 7.48. The molecule has 1 saturated carbocycles. The number of azide groups is 1. The minimum atomic E-state index is 0.00562. The molecule has 0 saturated heterocycles. The van der Waals surface area contributed by atoms with E-state index in [0.29, 0.717) is 12.5 Å². The smallest absolute Gasteiger partial charge is 0.0981 e. The Morgan fingerprint density at radius 3 is 3.00 bits per heavy atom. The highest BCUT2D eigenvalue weighted by molar-refractivity contribution is 5.00. The molecule has 0 aliphatic heterocycles. The van der Waals surface area contributed by atoms with Crippen LogP contribution in [0.3, 0.4) is 0 Å². The fourth-order valence-corrected chi connectivity index (χ4v) is 1.20. The van der Waals surface area contributed by atoms with Gasteiger partial charge in [-0.05, 0) is 37.3 Å². The summed E-state index contributed by atoms with van der Waals surface area (Å²) >= 11 is 0. The Morgan fingerprint density at radius 1 is 1.69 bits per heavy atom. The van der Waals surface area contributed by atoms with Gasteiger partial charge < -0.3 is 5.32 Å². The van der Waals surface area contributed by atoms with E-state index in [1.807, 2.05) is 0 Å². The summed E-state index contributed by atoms with van der Waals surface area (Å²) in [6.07, 6.45) is 3.14. The Morgan fingerprint density at radius 2 is 2.46 bits per heavy atom. The quantitative estimate of drug-likeness (QED) is 0.290. The molecule has 1 atom stereocenters. The van der Waals surface area contributed by atoms with Gasteiger partial charge in [0.25, 0.3) is 0 Å². The summed E-state index contributed by atoms with van der Waals surface area (Å²) in [6.45, 7) is 1.26. The third kappa shape index (κ3) is 3.79. The molecule has 1 unspecified atom stereocenters. The molecule has 0 aromatic rings. The molecular weight excluding hydrogens is 166 g/mol. The van der Waals surface area contributed by atoms with E-state index in [4.69, 9.17) is 10.8 Å². The van der Waals surface area contributed by atoms with Crippen molar-refractivity contribution < 1.29 is 0 Å². The molecule has 0 aromatic carbocycles. The lowest BCUT2D eigenvalue weighted by Crippen LogP contribution is -2.30. The van der Waals surface area contributed by atoms with Crippen molar-refractivity contribution in [3.05, 3.63) is 10.4 Å². The maximum atomic E-state index is 8.74. The summed E-state index contributed by atoms with van der Waals surface area (Å²) in [5.41, 5.74) is 8.00. The van der Waals surface area contributed by atoms with Crippen LogP contribution in [0.4, 0.5) is 0 Å². The van der Waals surface area contributed by atoms with Crippen molar-refractivity contribution in [3.8, 4) is 6.07 Å². The van der Waals surface area contributed by atoms with Crippen molar-refractivity contribution >= 4 is 0 Å². The zero-order chi connectivity index (χ0) is 9.52. The summed E-state index contributed by atoms with van der Waals surface area (Å²) in [6, 6.07) is 2.25. The van der Waals surface area contributed by atoms with Gasteiger partial charge in [0, 0.05) is 11.5 Å². The number of hydrogen-bond acceptors (Lipinski definition) is 3. The van der Waals surface area contributed by atoms with Crippen LogP contribution >= 0.6 is 0 Å². The maximum Gasteiger partial charge on any atom is 0.0981 e. The second-order valence-electron chi connectivity index (χ2n) is 3.21. The number of nitrogens with one attached hydrogen (secondary N) is 1. The van der Waals surface area contributed by atoms with E-state index in [2.05, 4.69) is 21.4 Å². The van der Waals surface area contributed by atoms with Gasteiger partial charge in [-0.25, -0.2) is 0 Å². The van der Waals surface area contributed by atoms with Gasteiger partial charge in [0.05, 0.1) is 12.1 Å². The van der Waals surface area contributed by atoms with Gasteiger partial charge >= 0.3 is 0 Å². The predicted molar refractivity (Wildman–Crippen MR) is 48.8 cm³/mol. The topological polar surface area (TPSA) is 84.6 Å². The highest BCUT2D eigenvalue weighted by Gasteiger charge is 2.30. The van der Waals surface area contributed by atoms with Crippen molar-refractivity contribution in [1.82, 2.24) is 5.32 Å². The van der Waals surface area contributed by atoms with Crippen molar-refractivity contribution in [1.29, 1.82) is 5.26 Å². The second-order valence-corrected chi connectivity index (χ2v) is 3.21. The standard InChI is InChI=1S/C8H13N5/c9-6-8(7-2-3-7)11-4-1-5-12-13-10/h7-8,11H,1-5H2. The lowest BCUT2D eigenvalue weighted by atomic mass is 10.2. The van der Waals surface area contributed by atoms with Crippen LogP contribution < -0.4 is 5.32 Å². The van der Waals surface area contributed by atoms with Gasteiger partial charge in [-0.1, -0.05) is 5.11 Å².